The van der Waals surface area contributed by atoms with Gasteiger partial charge in [0.25, 0.3) is 0 Å². The van der Waals surface area contributed by atoms with Crippen molar-refractivity contribution in [1.29, 1.82) is 0 Å². The molecular weight excluding hydrogens is 386 g/mol. The second-order valence-electron chi connectivity index (χ2n) is 8.08. The number of amides is 1. The van der Waals surface area contributed by atoms with Gasteiger partial charge in [0.2, 0.25) is 5.91 Å². The van der Waals surface area contributed by atoms with E-state index in [1.165, 1.54) is 32.6 Å². The number of nitrogens with one attached hydrogen (secondary N) is 1. The molecular formula is C23H35NO6. The predicted octanol–water partition coefficient (Wildman–Crippen LogP) is 3.07. The molecule has 7 nitrogen and oxygen atoms in total. The van der Waals surface area contributed by atoms with Crippen LogP contribution in [0, 0.1) is 0 Å². The van der Waals surface area contributed by atoms with Crippen LogP contribution in [-0.4, -0.2) is 54.9 Å². The number of carbonyl (C=O) groups excluding carboxylic acids is 1. The highest BCUT2D eigenvalue weighted by molar-refractivity contribution is 5.73. The Morgan fingerprint density at radius 3 is 2.60 bits per heavy atom. The Morgan fingerprint density at radius 1 is 1.13 bits per heavy atom. The second kappa shape index (κ2) is 11.8. The number of rotatable bonds is 10. The number of hydrogen-bond acceptors (Lipinski definition) is 6. The Bertz CT molecular complexity index is 642. The van der Waals surface area contributed by atoms with E-state index in [-0.39, 0.29) is 12.5 Å². The third-order valence-corrected chi connectivity index (χ3v) is 5.59. The molecule has 0 spiro atoms. The molecule has 0 unspecified atom stereocenters. The zero-order chi connectivity index (χ0) is 21.3. The zero-order valence-corrected chi connectivity index (χ0v) is 18.0. The Kier molecular flexibility index (Phi) is 9.08. The highest BCUT2D eigenvalue weighted by Crippen LogP contribution is 2.34. The average molecular weight is 422 g/mol. The van der Waals surface area contributed by atoms with Crippen LogP contribution in [0.5, 0.6) is 0 Å². The molecule has 0 aliphatic carbocycles. The van der Waals surface area contributed by atoms with E-state index in [0.29, 0.717) is 6.61 Å². The van der Waals surface area contributed by atoms with Crippen LogP contribution >= 0.6 is 0 Å². The molecule has 3 rings (SSSR count). The first-order chi connectivity index (χ1) is 14.6. The highest BCUT2D eigenvalue weighted by Gasteiger charge is 2.50. The lowest BCUT2D eigenvalue weighted by Crippen LogP contribution is -2.66. The molecule has 2 aliphatic heterocycles. The van der Waals surface area contributed by atoms with Crippen LogP contribution in [-0.2, 0) is 23.7 Å². The Labute approximate surface area is 179 Å². The molecule has 2 aliphatic rings. The lowest BCUT2D eigenvalue weighted by Gasteiger charge is -2.47. The lowest BCUT2D eigenvalue weighted by molar-refractivity contribution is -0.344. The van der Waals surface area contributed by atoms with Gasteiger partial charge < -0.3 is 29.4 Å². The molecule has 2 N–H and O–H groups in total. The molecule has 7 heteroatoms. The molecule has 30 heavy (non-hydrogen) atoms. The quantitative estimate of drug-likeness (QED) is 0.565. The zero-order valence-electron chi connectivity index (χ0n) is 18.0. The molecule has 0 radical (unpaired) electrons. The predicted molar refractivity (Wildman–Crippen MR) is 112 cm³/mol. The Hall–Kier alpha value is -1.51. The summed E-state index contributed by atoms with van der Waals surface area (Å²) >= 11 is 0. The number of aliphatic hydroxyl groups excluding tert-OH is 1. The van der Waals surface area contributed by atoms with Crippen LogP contribution in [0.4, 0.5) is 0 Å². The number of fused-ring (bicyclic) bond motifs is 1. The largest absolute Gasteiger partial charge is 0.388 e. The Morgan fingerprint density at radius 2 is 1.87 bits per heavy atom. The molecule has 0 aromatic heterocycles. The molecule has 1 aromatic carbocycles. The van der Waals surface area contributed by atoms with Crippen LogP contribution in [0.25, 0.3) is 0 Å². The topological polar surface area (TPSA) is 86.2 Å². The smallest absolute Gasteiger partial charge is 0.217 e. The van der Waals surface area contributed by atoms with E-state index < -0.39 is 36.9 Å². The summed E-state index contributed by atoms with van der Waals surface area (Å²) in [6.07, 6.45) is 3.58. The first-order valence-electron chi connectivity index (χ1n) is 11.1. The van der Waals surface area contributed by atoms with E-state index in [1.807, 2.05) is 30.3 Å². The average Bonchev–Trinajstić information content (AvgIpc) is 2.76. The van der Waals surface area contributed by atoms with Crippen molar-refractivity contribution in [2.24, 2.45) is 0 Å². The van der Waals surface area contributed by atoms with Crippen molar-refractivity contribution in [2.45, 2.75) is 89.3 Å². The molecule has 0 bridgehead atoms. The van der Waals surface area contributed by atoms with Crippen LogP contribution in [0.2, 0.25) is 0 Å². The van der Waals surface area contributed by atoms with Gasteiger partial charge in [-0.2, -0.15) is 0 Å². The minimum absolute atomic E-state index is 0.249. The summed E-state index contributed by atoms with van der Waals surface area (Å²) in [6, 6.07) is 8.88. The summed E-state index contributed by atoms with van der Waals surface area (Å²) in [5, 5.41) is 13.8. The van der Waals surface area contributed by atoms with E-state index in [1.54, 1.807) is 0 Å². The second-order valence-corrected chi connectivity index (χ2v) is 8.08. The molecule has 0 saturated carbocycles. The minimum atomic E-state index is -0.961. The summed E-state index contributed by atoms with van der Waals surface area (Å²) in [4.78, 5) is 11.7. The van der Waals surface area contributed by atoms with E-state index in [0.717, 1.165) is 18.4 Å². The molecule has 1 amide bonds. The molecule has 1 aromatic rings. The van der Waals surface area contributed by atoms with Crippen LogP contribution in [0.1, 0.15) is 64.2 Å². The third-order valence-electron chi connectivity index (χ3n) is 5.59. The molecule has 2 heterocycles. The van der Waals surface area contributed by atoms with Crippen LogP contribution < -0.4 is 5.32 Å². The van der Waals surface area contributed by atoms with Crippen molar-refractivity contribution < 1.29 is 28.8 Å². The number of hydrogen-bond donors (Lipinski definition) is 2. The summed E-state index contributed by atoms with van der Waals surface area (Å²) in [7, 11) is 0. The van der Waals surface area contributed by atoms with E-state index in [9.17, 15) is 9.90 Å². The van der Waals surface area contributed by atoms with Crippen molar-refractivity contribution in [1.82, 2.24) is 5.32 Å². The number of benzene rings is 1. The van der Waals surface area contributed by atoms with Crippen molar-refractivity contribution in [2.75, 3.05) is 13.2 Å². The van der Waals surface area contributed by atoms with Gasteiger partial charge in [0.05, 0.1) is 6.61 Å². The fourth-order valence-corrected chi connectivity index (χ4v) is 3.98. The number of ether oxygens (including phenoxy) is 4. The first-order valence-corrected chi connectivity index (χ1v) is 11.1. The summed E-state index contributed by atoms with van der Waals surface area (Å²) in [5.74, 6) is -0.249. The van der Waals surface area contributed by atoms with Crippen molar-refractivity contribution in [3.8, 4) is 0 Å². The standard InChI is InChI=1S/C23H35NO6/c1-3-4-5-6-7-11-14-27-23-19(24-16(2)25)20(26)21-18(29-23)15-28-22(30-21)17-12-9-8-10-13-17/h8-10,12-13,18-23,26H,3-7,11,14-15H2,1-2H3,(H,24,25)/t18-,19-,20-,21-,22-,23-/m1/s1. The van der Waals surface area contributed by atoms with E-state index >= 15 is 0 Å². The van der Waals surface area contributed by atoms with Gasteiger partial charge in [-0.15, -0.1) is 0 Å². The normalized spacial score (nSPS) is 31.2. The maximum absolute atomic E-state index is 11.7. The number of unbranched alkanes of at least 4 members (excludes halogenated alkanes) is 5. The first kappa shape index (κ1) is 23.2. The monoisotopic (exact) mass is 421 g/mol. The van der Waals surface area contributed by atoms with E-state index in [2.05, 4.69) is 12.2 Å². The summed E-state index contributed by atoms with van der Waals surface area (Å²) in [6.45, 7) is 4.42. The van der Waals surface area contributed by atoms with Gasteiger partial charge in [-0.3, -0.25) is 4.79 Å². The number of carbonyl (C=O) groups is 1. The van der Waals surface area contributed by atoms with Gasteiger partial charge in [-0.25, -0.2) is 0 Å². The maximum atomic E-state index is 11.7. The summed E-state index contributed by atoms with van der Waals surface area (Å²) in [5.41, 5.74) is 0.876. The van der Waals surface area contributed by atoms with Gasteiger partial charge in [0.15, 0.2) is 12.6 Å². The van der Waals surface area contributed by atoms with Gasteiger partial charge in [-0.1, -0.05) is 69.4 Å². The van der Waals surface area contributed by atoms with Gasteiger partial charge in [0, 0.05) is 19.1 Å². The fraction of sp³-hybridized carbons (Fsp3) is 0.696. The van der Waals surface area contributed by atoms with Crippen molar-refractivity contribution in [3.63, 3.8) is 0 Å². The maximum Gasteiger partial charge on any atom is 0.217 e. The number of aliphatic hydroxyl groups is 1. The molecule has 6 atom stereocenters. The molecule has 2 saturated heterocycles. The molecule has 168 valence electrons. The van der Waals surface area contributed by atoms with E-state index in [4.69, 9.17) is 18.9 Å². The van der Waals surface area contributed by atoms with Crippen LogP contribution in [0.3, 0.4) is 0 Å². The van der Waals surface area contributed by atoms with Crippen LogP contribution in [0.15, 0.2) is 30.3 Å². The highest BCUT2D eigenvalue weighted by atomic mass is 16.7. The summed E-state index contributed by atoms with van der Waals surface area (Å²) < 4.78 is 23.8. The van der Waals surface area contributed by atoms with Gasteiger partial charge in [0.1, 0.15) is 24.4 Å². The fourth-order valence-electron chi connectivity index (χ4n) is 3.98. The van der Waals surface area contributed by atoms with Crippen molar-refractivity contribution in [3.05, 3.63) is 35.9 Å². The minimum Gasteiger partial charge on any atom is -0.388 e. The Balaban J connectivity index is 1.57. The SMILES string of the molecule is CCCCCCCCO[C@@H]1O[C@@H]2CO[C@@H](c3ccccc3)O[C@H]2[C@H](O)[C@H]1NC(C)=O. The van der Waals surface area contributed by atoms with Gasteiger partial charge in [-0.05, 0) is 6.42 Å². The third kappa shape index (κ3) is 6.25. The van der Waals surface area contributed by atoms with Crippen molar-refractivity contribution >= 4 is 5.91 Å². The molecule has 2 fully saturated rings. The lowest BCUT2D eigenvalue weighted by atomic mass is 9.95. The van der Waals surface area contributed by atoms with Gasteiger partial charge >= 0.3 is 0 Å².